The summed E-state index contributed by atoms with van der Waals surface area (Å²) in [5.74, 6) is -4.82. The third-order valence-electron chi connectivity index (χ3n) is 4.62. The molecule has 0 aliphatic carbocycles. The second-order valence-corrected chi connectivity index (χ2v) is 7.45. The van der Waals surface area contributed by atoms with Gasteiger partial charge in [-0.3, -0.25) is 24.2 Å². The molecule has 0 bridgehead atoms. The monoisotopic (exact) mass is 488 g/mol. The van der Waals surface area contributed by atoms with Crippen LogP contribution in [0.4, 0.5) is 0 Å². The molecule has 3 amide bonds. The minimum atomic E-state index is -1.28. The molecule has 0 fully saturated rings. The average Bonchev–Trinajstić information content (AvgIpc) is 2.76. The summed E-state index contributed by atoms with van der Waals surface area (Å²) in [4.78, 5) is 63.4. The zero-order chi connectivity index (χ0) is 26.1. The minimum Gasteiger partial charge on any atom is -0.481 e. The number of carboxylic acids is 2. The van der Waals surface area contributed by atoms with Crippen molar-refractivity contribution in [2.75, 3.05) is 19.6 Å². The predicted octanol–water partition coefficient (Wildman–Crippen LogP) is -3.47. The summed E-state index contributed by atoms with van der Waals surface area (Å²) in [6.07, 6.45) is 0.817. The molecule has 194 valence electrons. The van der Waals surface area contributed by atoms with Gasteiger partial charge >= 0.3 is 11.9 Å². The lowest BCUT2D eigenvalue weighted by Crippen LogP contribution is -2.56. The summed E-state index contributed by atoms with van der Waals surface area (Å²) in [6, 6.07) is -3.64. The van der Waals surface area contributed by atoms with E-state index in [0.29, 0.717) is 19.4 Å². The Morgan fingerprint density at radius 1 is 0.765 bits per heavy atom. The molecule has 3 unspecified atom stereocenters. The van der Waals surface area contributed by atoms with E-state index in [4.69, 9.17) is 28.0 Å². The molecule has 15 nitrogen and oxygen atoms in total. The second kappa shape index (κ2) is 17.1. The van der Waals surface area contributed by atoms with E-state index in [0.717, 1.165) is 0 Å². The quantitative estimate of drug-likeness (QED) is 0.0519. The van der Waals surface area contributed by atoms with Crippen molar-refractivity contribution in [2.24, 2.45) is 27.9 Å². The highest BCUT2D eigenvalue weighted by Crippen LogP contribution is 2.06. The molecule has 0 aliphatic rings. The molecular weight excluding hydrogens is 452 g/mol. The molecule has 0 heterocycles. The van der Waals surface area contributed by atoms with Crippen LogP contribution in [0.25, 0.3) is 0 Å². The first kappa shape index (κ1) is 30.5. The number of nitrogens with zero attached hydrogens (tertiary/aromatic N) is 1. The van der Waals surface area contributed by atoms with Crippen molar-refractivity contribution in [3.63, 3.8) is 0 Å². The van der Waals surface area contributed by atoms with Crippen LogP contribution < -0.4 is 38.9 Å². The first-order valence-corrected chi connectivity index (χ1v) is 10.8. The molecule has 0 aromatic carbocycles. The normalized spacial score (nSPS) is 13.1. The summed E-state index contributed by atoms with van der Waals surface area (Å²) in [7, 11) is 0. The molecule has 0 aromatic heterocycles. The average molecular weight is 489 g/mol. The highest BCUT2D eigenvalue weighted by atomic mass is 16.4. The zero-order valence-electron chi connectivity index (χ0n) is 19.0. The number of carbonyl (C=O) groups is 5. The van der Waals surface area contributed by atoms with Crippen molar-refractivity contribution >= 4 is 35.6 Å². The van der Waals surface area contributed by atoms with Gasteiger partial charge in [0.1, 0.15) is 18.1 Å². The Kier molecular flexibility index (Phi) is 15.3. The summed E-state index contributed by atoms with van der Waals surface area (Å²) >= 11 is 0. The van der Waals surface area contributed by atoms with Crippen molar-refractivity contribution in [3.05, 3.63) is 0 Å². The number of carboxylic acid groups (broad SMARTS) is 2. The fourth-order valence-corrected chi connectivity index (χ4v) is 2.86. The molecule has 0 aliphatic heterocycles. The summed E-state index contributed by atoms with van der Waals surface area (Å²) in [6.45, 7) is 0.0980. The van der Waals surface area contributed by atoms with Crippen LogP contribution >= 0.6 is 0 Å². The van der Waals surface area contributed by atoms with Crippen LogP contribution in [0.3, 0.4) is 0 Å². The maximum absolute atomic E-state index is 12.8. The van der Waals surface area contributed by atoms with Gasteiger partial charge in [-0.05, 0) is 45.1 Å². The molecule has 0 spiro atoms. The van der Waals surface area contributed by atoms with E-state index in [1.54, 1.807) is 0 Å². The predicted molar refractivity (Wildman–Crippen MR) is 122 cm³/mol. The fourth-order valence-electron chi connectivity index (χ4n) is 2.86. The van der Waals surface area contributed by atoms with E-state index in [1.807, 2.05) is 0 Å². The number of guanidine groups is 1. The Labute approximate surface area is 197 Å². The zero-order valence-corrected chi connectivity index (χ0v) is 19.0. The highest BCUT2D eigenvalue weighted by molar-refractivity contribution is 5.93. The molecule has 34 heavy (non-hydrogen) atoms. The SMILES string of the molecule is NCCCCC(NC(=O)C(CCC(=O)O)NC(=O)CN)C(=O)NC(CCCN=C(N)N)C(=O)O. The largest absolute Gasteiger partial charge is 0.481 e. The van der Waals surface area contributed by atoms with Crippen LogP contribution in [0.2, 0.25) is 0 Å². The number of rotatable bonds is 18. The topological polar surface area (TPSA) is 278 Å². The van der Waals surface area contributed by atoms with Crippen LogP contribution in [0.5, 0.6) is 0 Å². The van der Waals surface area contributed by atoms with Crippen LogP contribution in [-0.4, -0.2) is 83.6 Å². The van der Waals surface area contributed by atoms with E-state index >= 15 is 0 Å². The van der Waals surface area contributed by atoms with Crippen LogP contribution in [0, 0.1) is 0 Å². The number of nitrogens with two attached hydrogens (primary N) is 4. The molecule has 0 saturated heterocycles. The van der Waals surface area contributed by atoms with Gasteiger partial charge in [-0.25, -0.2) is 4.79 Å². The Morgan fingerprint density at radius 3 is 1.82 bits per heavy atom. The maximum atomic E-state index is 12.8. The van der Waals surface area contributed by atoms with Crippen molar-refractivity contribution in [1.29, 1.82) is 0 Å². The van der Waals surface area contributed by atoms with E-state index in [1.165, 1.54) is 0 Å². The van der Waals surface area contributed by atoms with Gasteiger partial charge in [0.25, 0.3) is 0 Å². The lowest BCUT2D eigenvalue weighted by Gasteiger charge is -2.24. The lowest BCUT2D eigenvalue weighted by molar-refractivity contribution is -0.142. The molecule has 15 heteroatoms. The third kappa shape index (κ3) is 13.8. The van der Waals surface area contributed by atoms with Gasteiger partial charge in [-0.15, -0.1) is 0 Å². The standard InChI is InChI=1S/C19H36N8O7/c20-8-2-1-4-11(16(31)27-13(18(33)34)5-3-9-24-19(22)23)26-17(32)12(6-7-15(29)30)25-14(28)10-21/h11-13H,1-10,20-21H2,(H,25,28)(H,26,32)(H,27,31)(H,29,30)(H,33,34)(H4,22,23,24). The van der Waals surface area contributed by atoms with Crippen molar-refractivity contribution in [3.8, 4) is 0 Å². The number of amides is 3. The van der Waals surface area contributed by atoms with Gasteiger partial charge in [-0.1, -0.05) is 0 Å². The van der Waals surface area contributed by atoms with E-state index in [-0.39, 0.29) is 38.2 Å². The second-order valence-electron chi connectivity index (χ2n) is 7.45. The van der Waals surface area contributed by atoms with Gasteiger partial charge in [0.05, 0.1) is 6.54 Å². The number of carbonyl (C=O) groups excluding carboxylic acids is 3. The summed E-state index contributed by atoms with van der Waals surface area (Å²) in [5, 5.41) is 25.5. The van der Waals surface area contributed by atoms with Gasteiger partial charge < -0.3 is 49.1 Å². The Morgan fingerprint density at radius 2 is 1.32 bits per heavy atom. The Bertz CT molecular complexity index is 727. The Balaban J connectivity index is 5.36. The van der Waals surface area contributed by atoms with E-state index < -0.39 is 60.8 Å². The molecule has 13 N–H and O–H groups in total. The van der Waals surface area contributed by atoms with Crippen LogP contribution in [0.1, 0.15) is 44.9 Å². The fraction of sp³-hybridized carbons (Fsp3) is 0.684. The smallest absolute Gasteiger partial charge is 0.326 e. The molecular formula is C19H36N8O7. The minimum absolute atomic E-state index is 0.0368. The third-order valence-corrected chi connectivity index (χ3v) is 4.62. The molecule has 3 atom stereocenters. The number of unbranched alkanes of at least 4 members (excludes halogenated alkanes) is 1. The highest BCUT2D eigenvalue weighted by Gasteiger charge is 2.29. The molecule has 0 radical (unpaired) electrons. The first-order valence-electron chi connectivity index (χ1n) is 10.8. The van der Waals surface area contributed by atoms with E-state index in [2.05, 4.69) is 20.9 Å². The number of aliphatic carboxylic acids is 2. The molecule has 0 rings (SSSR count). The lowest BCUT2D eigenvalue weighted by atomic mass is 10.0. The summed E-state index contributed by atoms with van der Waals surface area (Å²) < 4.78 is 0. The van der Waals surface area contributed by atoms with Gasteiger partial charge in [-0.2, -0.15) is 0 Å². The van der Waals surface area contributed by atoms with Crippen LogP contribution in [-0.2, 0) is 24.0 Å². The van der Waals surface area contributed by atoms with E-state index in [9.17, 15) is 29.1 Å². The van der Waals surface area contributed by atoms with Crippen LogP contribution in [0.15, 0.2) is 4.99 Å². The van der Waals surface area contributed by atoms with Crippen molar-refractivity contribution in [2.45, 2.75) is 63.1 Å². The number of hydrogen-bond donors (Lipinski definition) is 9. The number of nitrogens with one attached hydrogen (secondary N) is 3. The Hall–Kier alpha value is -3.46. The maximum Gasteiger partial charge on any atom is 0.326 e. The molecule has 0 aromatic rings. The van der Waals surface area contributed by atoms with Gasteiger partial charge in [0, 0.05) is 13.0 Å². The van der Waals surface area contributed by atoms with Gasteiger partial charge in [0.2, 0.25) is 17.7 Å². The van der Waals surface area contributed by atoms with Crippen molar-refractivity contribution in [1.82, 2.24) is 16.0 Å². The van der Waals surface area contributed by atoms with Crippen molar-refractivity contribution < 1.29 is 34.2 Å². The molecule has 0 saturated carbocycles. The van der Waals surface area contributed by atoms with Gasteiger partial charge in [0.15, 0.2) is 5.96 Å². The summed E-state index contributed by atoms with van der Waals surface area (Å²) in [5.41, 5.74) is 21.2. The number of hydrogen-bond acceptors (Lipinski definition) is 8. The first-order chi connectivity index (χ1) is 16.0. The number of aliphatic imine (C=N–C) groups is 1.